The minimum absolute atomic E-state index is 0.106. The third-order valence-electron chi connectivity index (χ3n) is 4.00. The van der Waals surface area contributed by atoms with E-state index >= 15 is 0 Å². The predicted octanol–water partition coefficient (Wildman–Crippen LogP) is 3.29. The zero-order valence-electron chi connectivity index (χ0n) is 13.7. The lowest BCUT2D eigenvalue weighted by Crippen LogP contribution is -2.25. The van der Waals surface area contributed by atoms with Gasteiger partial charge in [-0.15, -0.1) is 0 Å². The molecule has 1 unspecified atom stereocenters. The number of benzene rings is 2. The topological polar surface area (TPSA) is 62.4 Å². The highest BCUT2D eigenvalue weighted by molar-refractivity contribution is 5.51. The molecule has 1 atom stereocenters. The summed E-state index contributed by atoms with van der Waals surface area (Å²) in [7, 11) is 2.01. The van der Waals surface area contributed by atoms with Crippen LogP contribution in [0.5, 0.6) is 0 Å². The molecule has 5 heteroatoms. The Morgan fingerprint density at radius 1 is 1.04 bits per heavy atom. The molecule has 124 valence electrons. The molecule has 0 bridgehead atoms. The van der Waals surface area contributed by atoms with Gasteiger partial charge in [-0.1, -0.05) is 53.7 Å². The Morgan fingerprint density at radius 3 is 2.38 bits per heavy atom. The van der Waals surface area contributed by atoms with E-state index in [4.69, 9.17) is 4.52 Å². The molecule has 3 rings (SSSR count). The fourth-order valence-corrected chi connectivity index (χ4v) is 2.79. The second-order valence-electron chi connectivity index (χ2n) is 5.74. The molecule has 0 aliphatic rings. The van der Waals surface area contributed by atoms with Crippen LogP contribution in [0.15, 0.2) is 65.2 Å². The number of hydrogen-bond acceptors (Lipinski definition) is 5. The average molecular weight is 323 g/mol. The zero-order chi connectivity index (χ0) is 16.8. The molecule has 0 aliphatic carbocycles. The fraction of sp³-hybridized carbons (Fsp3) is 0.263. The molecule has 0 radical (unpaired) electrons. The molecule has 1 heterocycles. The molecule has 2 aromatic carbocycles. The predicted molar refractivity (Wildman–Crippen MR) is 92.1 cm³/mol. The fourth-order valence-electron chi connectivity index (χ4n) is 2.79. The summed E-state index contributed by atoms with van der Waals surface area (Å²) in [5, 5.41) is 13.5. The van der Waals surface area contributed by atoms with Crippen LogP contribution in [0.25, 0.3) is 11.5 Å². The summed E-state index contributed by atoms with van der Waals surface area (Å²) in [5.41, 5.74) is 2.08. The second-order valence-corrected chi connectivity index (χ2v) is 5.74. The van der Waals surface area contributed by atoms with Gasteiger partial charge in [0.15, 0.2) is 5.82 Å². The molecule has 0 aliphatic heterocycles. The summed E-state index contributed by atoms with van der Waals surface area (Å²) in [4.78, 5) is 6.60. The second kappa shape index (κ2) is 7.86. The Labute approximate surface area is 141 Å². The minimum atomic E-state index is 0.106. The maximum absolute atomic E-state index is 9.39. The van der Waals surface area contributed by atoms with Crippen molar-refractivity contribution in [3.63, 3.8) is 0 Å². The largest absolute Gasteiger partial charge is 0.396 e. The van der Waals surface area contributed by atoms with E-state index in [0.29, 0.717) is 24.7 Å². The molecule has 5 nitrogen and oxygen atoms in total. The van der Waals surface area contributed by atoms with E-state index in [1.165, 1.54) is 5.56 Å². The van der Waals surface area contributed by atoms with Crippen LogP contribution < -0.4 is 0 Å². The van der Waals surface area contributed by atoms with E-state index in [1.54, 1.807) is 0 Å². The number of nitrogens with zero attached hydrogens (tertiary/aromatic N) is 3. The number of rotatable bonds is 7. The summed E-state index contributed by atoms with van der Waals surface area (Å²) in [6.45, 7) is 0.682. The number of aliphatic hydroxyl groups is 1. The maximum Gasteiger partial charge on any atom is 0.257 e. The molecule has 0 amide bonds. The van der Waals surface area contributed by atoms with Gasteiger partial charge >= 0.3 is 0 Å². The van der Waals surface area contributed by atoms with Crippen LogP contribution in [0, 0.1) is 0 Å². The van der Waals surface area contributed by atoms with Crippen molar-refractivity contribution < 1.29 is 9.63 Å². The number of aromatic nitrogens is 2. The Morgan fingerprint density at radius 2 is 1.71 bits per heavy atom. The molecule has 1 N–H and O–H groups in total. The SMILES string of the molecule is CN(Cc1noc(-c2ccccc2)n1)C(CCO)c1ccccc1. The lowest BCUT2D eigenvalue weighted by atomic mass is 10.0. The molecule has 1 aromatic heterocycles. The van der Waals surface area contributed by atoms with Gasteiger partial charge < -0.3 is 9.63 Å². The van der Waals surface area contributed by atoms with Crippen molar-refractivity contribution >= 4 is 0 Å². The van der Waals surface area contributed by atoms with Gasteiger partial charge in [0.25, 0.3) is 5.89 Å². The molecule has 0 fully saturated rings. The summed E-state index contributed by atoms with van der Waals surface area (Å²) in [6.07, 6.45) is 0.657. The highest BCUT2D eigenvalue weighted by Crippen LogP contribution is 2.24. The molecule has 0 spiro atoms. The summed E-state index contributed by atoms with van der Waals surface area (Å²) >= 11 is 0. The van der Waals surface area contributed by atoms with Crippen molar-refractivity contribution in [3.05, 3.63) is 72.1 Å². The Bertz CT molecular complexity index is 744. The van der Waals surface area contributed by atoms with Crippen LogP contribution in [0.4, 0.5) is 0 Å². The molecule has 0 saturated carbocycles. The van der Waals surface area contributed by atoms with Gasteiger partial charge in [-0.3, -0.25) is 4.90 Å². The normalized spacial score (nSPS) is 12.5. The van der Waals surface area contributed by atoms with Gasteiger partial charge in [-0.25, -0.2) is 0 Å². The van der Waals surface area contributed by atoms with E-state index < -0.39 is 0 Å². The lowest BCUT2D eigenvalue weighted by Gasteiger charge is -2.26. The number of aliphatic hydroxyl groups excluding tert-OH is 1. The summed E-state index contributed by atoms with van der Waals surface area (Å²) in [6, 6.07) is 20.0. The van der Waals surface area contributed by atoms with Crippen molar-refractivity contribution in [2.75, 3.05) is 13.7 Å². The van der Waals surface area contributed by atoms with Gasteiger partial charge in [-0.05, 0) is 31.2 Å². The van der Waals surface area contributed by atoms with Crippen LogP contribution in [0.2, 0.25) is 0 Å². The maximum atomic E-state index is 9.39. The highest BCUT2D eigenvalue weighted by atomic mass is 16.5. The third-order valence-corrected chi connectivity index (χ3v) is 4.00. The van der Waals surface area contributed by atoms with Crippen LogP contribution in [0.1, 0.15) is 23.9 Å². The van der Waals surface area contributed by atoms with Gasteiger partial charge in [0.05, 0.1) is 6.54 Å². The Kier molecular flexibility index (Phi) is 5.36. The van der Waals surface area contributed by atoms with E-state index in [2.05, 4.69) is 27.2 Å². The van der Waals surface area contributed by atoms with Crippen molar-refractivity contribution in [2.24, 2.45) is 0 Å². The van der Waals surface area contributed by atoms with E-state index in [1.807, 2.05) is 55.6 Å². The summed E-state index contributed by atoms with van der Waals surface area (Å²) in [5.74, 6) is 1.16. The first-order chi connectivity index (χ1) is 11.8. The average Bonchev–Trinajstić information content (AvgIpc) is 3.09. The van der Waals surface area contributed by atoms with Crippen LogP contribution in [-0.2, 0) is 6.54 Å². The highest BCUT2D eigenvalue weighted by Gasteiger charge is 2.19. The first-order valence-electron chi connectivity index (χ1n) is 8.02. The lowest BCUT2D eigenvalue weighted by molar-refractivity contribution is 0.175. The standard InChI is InChI=1S/C19H21N3O2/c1-22(17(12-13-23)15-8-4-2-5-9-15)14-18-20-19(24-21-18)16-10-6-3-7-11-16/h2-11,17,23H,12-14H2,1H3. The molecular formula is C19H21N3O2. The van der Waals surface area contributed by atoms with Crippen molar-refractivity contribution in [2.45, 2.75) is 19.0 Å². The van der Waals surface area contributed by atoms with Crippen LogP contribution in [-0.4, -0.2) is 33.8 Å². The minimum Gasteiger partial charge on any atom is -0.396 e. The Hall–Kier alpha value is -2.50. The molecule has 3 aromatic rings. The first-order valence-corrected chi connectivity index (χ1v) is 8.02. The van der Waals surface area contributed by atoms with Crippen molar-refractivity contribution in [3.8, 4) is 11.5 Å². The quantitative estimate of drug-likeness (QED) is 0.723. The monoisotopic (exact) mass is 323 g/mol. The number of hydrogen-bond donors (Lipinski definition) is 1. The Balaban J connectivity index is 1.73. The smallest absolute Gasteiger partial charge is 0.257 e. The summed E-state index contributed by atoms with van der Waals surface area (Å²) < 4.78 is 5.36. The van der Waals surface area contributed by atoms with Crippen LogP contribution >= 0.6 is 0 Å². The first kappa shape index (κ1) is 16.4. The van der Waals surface area contributed by atoms with Crippen molar-refractivity contribution in [1.29, 1.82) is 0 Å². The molecule has 24 heavy (non-hydrogen) atoms. The van der Waals surface area contributed by atoms with Crippen LogP contribution in [0.3, 0.4) is 0 Å². The van der Waals surface area contributed by atoms with E-state index in [9.17, 15) is 5.11 Å². The zero-order valence-corrected chi connectivity index (χ0v) is 13.7. The van der Waals surface area contributed by atoms with Gasteiger partial charge in [0, 0.05) is 18.2 Å². The third kappa shape index (κ3) is 3.88. The molecule has 0 saturated heterocycles. The van der Waals surface area contributed by atoms with E-state index in [-0.39, 0.29) is 12.6 Å². The van der Waals surface area contributed by atoms with Crippen molar-refractivity contribution in [1.82, 2.24) is 15.0 Å². The van der Waals surface area contributed by atoms with E-state index in [0.717, 1.165) is 5.56 Å². The molecular weight excluding hydrogens is 302 g/mol. The van der Waals surface area contributed by atoms with Gasteiger partial charge in [0.1, 0.15) is 0 Å². The van der Waals surface area contributed by atoms with Gasteiger partial charge in [0.2, 0.25) is 0 Å². The van der Waals surface area contributed by atoms with Gasteiger partial charge in [-0.2, -0.15) is 4.98 Å².